The molecule has 3 N–H and O–H groups in total. The van der Waals surface area contributed by atoms with Gasteiger partial charge in [-0.1, -0.05) is 23.2 Å². The predicted octanol–water partition coefficient (Wildman–Crippen LogP) is 2.05. The van der Waals surface area contributed by atoms with Crippen LogP contribution in [0.4, 0.5) is 10.5 Å². The third-order valence-corrected chi connectivity index (χ3v) is 6.38. The summed E-state index contributed by atoms with van der Waals surface area (Å²) >= 11 is 12.6. The van der Waals surface area contributed by atoms with E-state index in [4.69, 9.17) is 23.2 Å². The molecule has 2 saturated heterocycles. The third kappa shape index (κ3) is 4.28. The summed E-state index contributed by atoms with van der Waals surface area (Å²) in [6, 6.07) is 3.27. The lowest BCUT2D eigenvalue weighted by atomic mass is 10.00. The van der Waals surface area contributed by atoms with E-state index in [1.807, 2.05) is 0 Å². The summed E-state index contributed by atoms with van der Waals surface area (Å²) in [7, 11) is 0. The second kappa shape index (κ2) is 8.55. The second-order valence-electron chi connectivity index (χ2n) is 7.55. The number of halogens is 2. The fraction of sp³-hybridized carbons (Fsp3) is 0.579. The lowest BCUT2D eigenvalue weighted by molar-refractivity contribution is 0.0873. The van der Waals surface area contributed by atoms with Gasteiger partial charge in [0.15, 0.2) is 5.78 Å². The topological polar surface area (TPSA) is 76.7 Å². The molecule has 7 nitrogen and oxygen atoms in total. The standard InChI is InChI=1S/C19H25Cl2N5O2/c20-13-3-4-14(24-19(28)25-8-5-22-6-9-25)16(17(13)21)18(27)15-11-26(10-7-23-15)12-1-2-12/h3-4,12,15,22-23H,1-2,5-11H2,(H,24,28)/t15-/m1/s1. The molecular formula is C19H25Cl2N5O2. The minimum atomic E-state index is -0.361. The molecule has 4 rings (SSSR count). The fourth-order valence-electron chi connectivity index (χ4n) is 3.85. The Morgan fingerprint density at radius 2 is 1.82 bits per heavy atom. The molecule has 2 amide bonds. The molecule has 1 saturated carbocycles. The number of urea groups is 1. The van der Waals surface area contributed by atoms with Gasteiger partial charge in [0.2, 0.25) is 0 Å². The van der Waals surface area contributed by atoms with Crippen molar-refractivity contribution >= 4 is 40.7 Å². The average molecular weight is 426 g/mol. The predicted molar refractivity (Wildman–Crippen MR) is 111 cm³/mol. The zero-order valence-electron chi connectivity index (χ0n) is 15.6. The smallest absolute Gasteiger partial charge is 0.321 e. The number of anilines is 1. The van der Waals surface area contributed by atoms with Gasteiger partial charge in [0, 0.05) is 51.9 Å². The van der Waals surface area contributed by atoms with Crippen molar-refractivity contribution in [2.24, 2.45) is 0 Å². The van der Waals surface area contributed by atoms with E-state index >= 15 is 0 Å². The van der Waals surface area contributed by atoms with Crippen molar-refractivity contribution in [3.63, 3.8) is 0 Å². The molecule has 0 bridgehead atoms. The molecule has 0 unspecified atom stereocenters. The van der Waals surface area contributed by atoms with Crippen LogP contribution in [0.2, 0.25) is 10.0 Å². The molecule has 1 atom stereocenters. The van der Waals surface area contributed by atoms with E-state index < -0.39 is 0 Å². The van der Waals surface area contributed by atoms with E-state index in [2.05, 4.69) is 20.9 Å². The Balaban J connectivity index is 1.55. The van der Waals surface area contributed by atoms with Crippen LogP contribution in [0.25, 0.3) is 0 Å². The maximum atomic E-state index is 13.3. The lowest BCUT2D eigenvalue weighted by Gasteiger charge is -2.33. The Labute approximate surface area is 174 Å². The SMILES string of the molecule is O=C(c1c(NC(=O)N2CCNCC2)ccc(Cl)c1Cl)[C@H]1CN(C2CC2)CCN1. The van der Waals surface area contributed by atoms with Crippen molar-refractivity contribution in [3.8, 4) is 0 Å². The van der Waals surface area contributed by atoms with Crippen molar-refractivity contribution in [1.82, 2.24) is 20.4 Å². The maximum absolute atomic E-state index is 13.3. The first-order valence-corrected chi connectivity index (χ1v) is 10.6. The van der Waals surface area contributed by atoms with Gasteiger partial charge in [-0.2, -0.15) is 0 Å². The number of hydrogen-bond donors (Lipinski definition) is 3. The number of amides is 2. The molecule has 2 aliphatic heterocycles. The van der Waals surface area contributed by atoms with Crippen LogP contribution in [0.15, 0.2) is 12.1 Å². The number of benzene rings is 1. The van der Waals surface area contributed by atoms with Crippen LogP contribution in [-0.2, 0) is 0 Å². The summed E-state index contributed by atoms with van der Waals surface area (Å²) < 4.78 is 0. The molecule has 152 valence electrons. The van der Waals surface area contributed by atoms with E-state index in [1.165, 1.54) is 12.8 Å². The van der Waals surface area contributed by atoms with Crippen LogP contribution in [0.5, 0.6) is 0 Å². The Morgan fingerprint density at radius 3 is 2.54 bits per heavy atom. The van der Waals surface area contributed by atoms with Crippen LogP contribution in [0, 0.1) is 0 Å². The maximum Gasteiger partial charge on any atom is 0.321 e. The van der Waals surface area contributed by atoms with Gasteiger partial charge >= 0.3 is 6.03 Å². The first-order valence-electron chi connectivity index (χ1n) is 9.81. The van der Waals surface area contributed by atoms with Crippen LogP contribution in [-0.4, -0.2) is 79.5 Å². The molecule has 0 spiro atoms. The number of piperazine rings is 2. The quantitative estimate of drug-likeness (QED) is 0.643. The molecule has 1 aliphatic carbocycles. The molecule has 3 aliphatic rings. The Hall–Kier alpha value is -1.38. The van der Waals surface area contributed by atoms with Gasteiger partial charge in [-0.3, -0.25) is 9.69 Å². The highest BCUT2D eigenvalue weighted by molar-refractivity contribution is 6.44. The number of nitrogens with zero attached hydrogens (tertiary/aromatic N) is 2. The number of nitrogens with one attached hydrogen (secondary N) is 3. The number of hydrogen-bond acceptors (Lipinski definition) is 5. The Kier molecular flexibility index (Phi) is 6.08. The normalized spacial score (nSPS) is 23.5. The van der Waals surface area contributed by atoms with Crippen molar-refractivity contribution in [1.29, 1.82) is 0 Å². The molecule has 1 aromatic carbocycles. The number of Topliss-reactive ketones (excluding diaryl/α,β-unsaturated/α-hetero) is 1. The van der Waals surface area contributed by atoms with E-state index in [1.54, 1.807) is 17.0 Å². The average Bonchev–Trinajstić information content (AvgIpc) is 3.57. The monoisotopic (exact) mass is 425 g/mol. The lowest BCUT2D eigenvalue weighted by Crippen LogP contribution is -2.54. The zero-order chi connectivity index (χ0) is 19.7. The number of ketones is 1. The summed E-state index contributed by atoms with van der Waals surface area (Å²) in [5, 5.41) is 9.87. The van der Waals surface area contributed by atoms with E-state index in [-0.39, 0.29) is 28.4 Å². The first kappa shape index (κ1) is 19.9. The summed E-state index contributed by atoms with van der Waals surface area (Å²) in [5.74, 6) is -0.131. The van der Waals surface area contributed by atoms with Gasteiger partial charge < -0.3 is 20.9 Å². The highest BCUT2D eigenvalue weighted by Gasteiger charge is 2.36. The molecule has 3 fully saturated rings. The Bertz CT molecular complexity index is 765. The first-order chi connectivity index (χ1) is 13.5. The molecule has 28 heavy (non-hydrogen) atoms. The van der Waals surface area contributed by atoms with Gasteiger partial charge in [-0.05, 0) is 25.0 Å². The molecule has 0 radical (unpaired) electrons. The molecule has 9 heteroatoms. The highest BCUT2D eigenvalue weighted by Crippen LogP contribution is 2.34. The van der Waals surface area contributed by atoms with Crippen molar-refractivity contribution in [3.05, 3.63) is 27.7 Å². The largest absolute Gasteiger partial charge is 0.322 e. The van der Waals surface area contributed by atoms with Crippen molar-refractivity contribution in [2.75, 3.05) is 51.1 Å². The van der Waals surface area contributed by atoms with E-state index in [9.17, 15) is 9.59 Å². The third-order valence-electron chi connectivity index (χ3n) is 5.57. The van der Waals surface area contributed by atoms with Crippen LogP contribution >= 0.6 is 23.2 Å². The molecule has 2 heterocycles. The minimum absolute atomic E-state index is 0.131. The van der Waals surface area contributed by atoms with Crippen molar-refractivity contribution < 1.29 is 9.59 Å². The number of rotatable bonds is 4. The van der Waals surface area contributed by atoms with Gasteiger partial charge in [0.25, 0.3) is 0 Å². The van der Waals surface area contributed by atoms with E-state index in [0.717, 1.165) is 26.2 Å². The summed E-state index contributed by atoms with van der Waals surface area (Å²) in [4.78, 5) is 30.1. The fourth-order valence-corrected chi connectivity index (χ4v) is 4.27. The second-order valence-corrected chi connectivity index (χ2v) is 8.33. The number of carbonyl (C=O) groups is 2. The number of carbonyl (C=O) groups excluding carboxylic acids is 2. The zero-order valence-corrected chi connectivity index (χ0v) is 17.2. The van der Waals surface area contributed by atoms with Gasteiger partial charge in [0.1, 0.15) is 0 Å². The van der Waals surface area contributed by atoms with Gasteiger partial charge in [-0.15, -0.1) is 0 Å². The van der Waals surface area contributed by atoms with Crippen molar-refractivity contribution in [2.45, 2.75) is 24.9 Å². The minimum Gasteiger partial charge on any atom is -0.322 e. The van der Waals surface area contributed by atoms with Crippen LogP contribution in [0.3, 0.4) is 0 Å². The summed E-state index contributed by atoms with van der Waals surface area (Å²) in [5.41, 5.74) is 0.695. The van der Waals surface area contributed by atoms with Crippen LogP contribution < -0.4 is 16.0 Å². The molecular weight excluding hydrogens is 401 g/mol. The van der Waals surface area contributed by atoms with Gasteiger partial charge in [0.05, 0.1) is 27.3 Å². The molecule has 1 aromatic rings. The highest BCUT2D eigenvalue weighted by atomic mass is 35.5. The summed E-state index contributed by atoms with van der Waals surface area (Å²) in [6.07, 6.45) is 2.40. The van der Waals surface area contributed by atoms with Crippen LogP contribution in [0.1, 0.15) is 23.2 Å². The molecule has 0 aromatic heterocycles. The summed E-state index contributed by atoms with van der Waals surface area (Å²) in [6.45, 7) is 5.11. The Morgan fingerprint density at radius 1 is 1.07 bits per heavy atom. The van der Waals surface area contributed by atoms with E-state index in [0.29, 0.717) is 36.4 Å². The van der Waals surface area contributed by atoms with Gasteiger partial charge in [-0.25, -0.2) is 4.79 Å².